The summed E-state index contributed by atoms with van der Waals surface area (Å²) in [5.74, 6) is 1.87. The number of rotatable bonds is 3. The van der Waals surface area contributed by atoms with Crippen LogP contribution in [0.1, 0.15) is 70.3 Å². The maximum Gasteiger partial charge on any atom is 0.278 e. The number of fused-ring (bicyclic) bond motifs is 5. The Balaban J connectivity index is 1.26. The molecule has 35 heavy (non-hydrogen) atoms. The van der Waals surface area contributed by atoms with Crippen molar-refractivity contribution in [3.05, 3.63) is 63.3 Å². The minimum Gasteiger partial charge on any atom is -0.329 e. The van der Waals surface area contributed by atoms with Crippen molar-refractivity contribution in [3.63, 3.8) is 0 Å². The fourth-order valence-corrected chi connectivity index (χ4v) is 8.23. The van der Waals surface area contributed by atoms with E-state index >= 15 is 0 Å². The molecule has 2 aliphatic carbocycles. The number of hydrogen-bond donors (Lipinski definition) is 1. The van der Waals surface area contributed by atoms with Gasteiger partial charge in [0.25, 0.3) is 11.1 Å². The van der Waals surface area contributed by atoms with Gasteiger partial charge in [-0.25, -0.2) is 4.98 Å². The molecule has 7 rings (SSSR count). The molecule has 4 fully saturated rings. The molecule has 0 radical (unpaired) electrons. The van der Waals surface area contributed by atoms with E-state index in [4.69, 9.17) is 0 Å². The first-order valence-corrected chi connectivity index (χ1v) is 13.6. The first-order valence-electron chi connectivity index (χ1n) is 13.6. The van der Waals surface area contributed by atoms with Crippen LogP contribution >= 0.6 is 0 Å². The average Bonchev–Trinajstić information content (AvgIpc) is 3.13. The zero-order chi connectivity index (χ0) is 23.5. The number of hydrogen-bond acceptors (Lipinski definition) is 4. The number of para-hydroxylation sites is 2. The molecule has 4 heterocycles. The fraction of sp³-hybridized carbons (Fsp3) is 0.552. The summed E-state index contributed by atoms with van der Waals surface area (Å²) in [6.45, 7) is 0. The lowest BCUT2D eigenvalue weighted by atomic mass is 9.69. The minimum atomic E-state index is -0.267. The van der Waals surface area contributed by atoms with Crippen LogP contribution < -0.4 is 11.1 Å². The molecular formula is C29H34N4O2. The monoisotopic (exact) mass is 470 g/mol. The summed E-state index contributed by atoms with van der Waals surface area (Å²) in [4.78, 5) is 36.8. The minimum absolute atomic E-state index is 0.134. The highest BCUT2D eigenvalue weighted by molar-refractivity contribution is 5.77. The van der Waals surface area contributed by atoms with Gasteiger partial charge in [0.1, 0.15) is 5.69 Å². The molecule has 2 aromatic heterocycles. The number of pyridine rings is 1. The van der Waals surface area contributed by atoms with Gasteiger partial charge in [0.15, 0.2) is 0 Å². The van der Waals surface area contributed by atoms with Crippen molar-refractivity contribution >= 4 is 11.0 Å². The number of piperidine rings is 1. The molecule has 0 amide bonds. The molecule has 182 valence electrons. The van der Waals surface area contributed by atoms with Gasteiger partial charge in [0, 0.05) is 30.4 Å². The second-order valence-electron chi connectivity index (χ2n) is 11.5. The summed E-state index contributed by atoms with van der Waals surface area (Å²) >= 11 is 0. The molecule has 2 aliphatic heterocycles. The van der Waals surface area contributed by atoms with Crippen LogP contribution in [0.25, 0.3) is 22.3 Å². The van der Waals surface area contributed by atoms with Gasteiger partial charge in [0.2, 0.25) is 0 Å². The Bertz CT molecular complexity index is 1350. The fourth-order valence-electron chi connectivity index (χ4n) is 8.23. The van der Waals surface area contributed by atoms with Crippen LogP contribution in [0.15, 0.2) is 52.2 Å². The summed E-state index contributed by atoms with van der Waals surface area (Å²) in [6.07, 6.45) is 14.6. The third-order valence-electron chi connectivity index (χ3n) is 9.52. The molecule has 0 spiro atoms. The van der Waals surface area contributed by atoms with Gasteiger partial charge < -0.3 is 9.55 Å². The lowest BCUT2D eigenvalue weighted by molar-refractivity contribution is 0.00791. The van der Waals surface area contributed by atoms with Gasteiger partial charge >= 0.3 is 0 Å². The molecule has 4 bridgehead atoms. The zero-order valence-corrected chi connectivity index (χ0v) is 20.2. The molecule has 4 aliphatic rings. The second kappa shape index (κ2) is 8.44. The second-order valence-corrected chi connectivity index (χ2v) is 11.5. The highest BCUT2D eigenvalue weighted by Crippen LogP contribution is 2.48. The molecule has 6 heteroatoms. The molecule has 6 nitrogen and oxygen atoms in total. The van der Waals surface area contributed by atoms with E-state index in [0.29, 0.717) is 17.6 Å². The van der Waals surface area contributed by atoms with Crippen LogP contribution in [0.5, 0.6) is 0 Å². The maximum absolute atomic E-state index is 13.9. The Labute approximate surface area is 205 Å². The Hall–Kier alpha value is -2.73. The van der Waals surface area contributed by atoms with Gasteiger partial charge in [-0.15, -0.1) is 0 Å². The summed E-state index contributed by atoms with van der Waals surface area (Å²) in [6, 6.07) is 13.4. The van der Waals surface area contributed by atoms with Gasteiger partial charge in [-0.2, -0.15) is 0 Å². The van der Waals surface area contributed by atoms with Crippen LogP contribution in [-0.4, -0.2) is 37.6 Å². The smallest absolute Gasteiger partial charge is 0.278 e. The first kappa shape index (κ1) is 21.5. The summed E-state index contributed by atoms with van der Waals surface area (Å²) in [7, 11) is 0. The Morgan fingerprint density at radius 2 is 1.51 bits per heavy atom. The van der Waals surface area contributed by atoms with Crippen LogP contribution in [0, 0.1) is 11.8 Å². The van der Waals surface area contributed by atoms with E-state index < -0.39 is 0 Å². The summed E-state index contributed by atoms with van der Waals surface area (Å²) < 4.78 is 1.99. The normalized spacial score (nSPS) is 32.7. The maximum atomic E-state index is 13.9. The van der Waals surface area contributed by atoms with Crippen molar-refractivity contribution in [2.75, 3.05) is 0 Å². The molecular weight excluding hydrogens is 436 g/mol. The highest BCUT2D eigenvalue weighted by atomic mass is 16.1. The van der Waals surface area contributed by atoms with E-state index in [1.807, 2.05) is 28.8 Å². The van der Waals surface area contributed by atoms with Crippen molar-refractivity contribution in [2.24, 2.45) is 11.8 Å². The Kier molecular flexibility index (Phi) is 5.19. The van der Waals surface area contributed by atoms with Gasteiger partial charge in [-0.05, 0) is 81.0 Å². The molecule has 1 aromatic carbocycles. The standard InChI is InChI=1S/C29H34N4O2/c34-28-24(7-4-12-30-28)27-29(35)33(26-9-2-1-8-25(26)31-27)23-16-20-10-11-21(17-23)32(20)22-14-18-5-3-6-19(13-18)15-22/h1-2,4,7-9,12,18-23H,3,5-6,10-11,13-17H2,(H,30,34)/t18-,19+,20-,21+,22?,23?. The zero-order valence-electron chi connectivity index (χ0n) is 20.2. The summed E-state index contributed by atoms with van der Waals surface area (Å²) in [5.41, 5.74) is 1.88. The molecule has 2 unspecified atom stereocenters. The van der Waals surface area contributed by atoms with Crippen LogP contribution in [0.3, 0.4) is 0 Å². The van der Waals surface area contributed by atoms with Crippen molar-refractivity contribution in [2.45, 2.75) is 88.4 Å². The Morgan fingerprint density at radius 1 is 0.771 bits per heavy atom. The van der Waals surface area contributed by atoms with Crippen molar-refractivity contribution in [3.8, 4) is 11.3 Å². The predicted molar refractivity (Wildman–Crippen MR) is 137 cm³/mol. The lowest BCUT2D eigenvalue weighted by Crippen LogP contribution is -2.52. The topological polar surface area (TPSA) is 71.0 Å². The number of aromatic nitrogens is 3. The summed E-state index contributed by atoms with van der Waals surface area (Å²) in [5, 5.41) is 0. The number of nitrogens with zero attached hydrogens (tertiary/aromatic N) is 3. The SMILES string of the molecule is O=c1[nH]cccc1-c1nc2ccccc2n(C2C[C@H]3CC[C@@H](C2)N3C2C[C@H]3CCC[C@@H](C2)C3)c1=O. The van der Waals surface area contributed by atoms with E-state index in [1.54, 1.807) is 18.3 Å². The van der Waals surface area contributed by atoms with E-state index in [2.05, 4.69) is 14.9 Å². The quantitative estimate of drug-likeness (QED) is 0.592. The molecule has 2 saturated heterocycles. The number of nitrogens with one attached hydrogen (secondary N) is 1. The molecule has 3 aromatic rings. The number of H-pyrrole nitrogens is 1. The average molecular weight is 471 g/mol. The van der Waals surface area contributed by atoms with E-state index in [1.165, 1.54) is 51.4 Å². The van der Waals surface area contributed by atoms with Crippen molar-refractivity contribution < 1.29 is 0 Å². The molecule has 1 N–H and O–H groups in total. The van der Waals surface area contributed by atoms with Gasteiger partial charge in [-0.1, -0.05) is 31.4 Å². The van der Waals surface area contributed by atoms with E-state index in [0.717, 1.165) is 41.8 Å². The van der Waals surface area contributed by atoms with Crippen LogP contribution in [0.4, 0.5) is 0 Å². The molecule has 6 atom stereocenters. The predicted octanol–water partition coefficient (Wildman–Crippen LogP) is 4.89. The molecule has 2 saturated carbocycles. The number of benzene rings is 1. The van der Waals surface area contributed by atoms with Gasteiger partial charge in [0.05, 0.1) is 16.6 Å². The lowest BCUT2D eigenvalue weighted by Gasteiger charge is -2.49. The first-order chi connectivity index (χ1) is 17.2. The third-order valence-corrected chi connectivity index (χ3v) is 9.52. The third kappa shape index (κ3) is 3.60. The highest BCUT2D eigenvalue weighted by Gasteiger charge is 2.47. The van der Waals surface area contributed by atoms with Crippen LogP contribution in [0.2, 0.25) is 0 Å². The Morgan fingerprint density at radius 3 is 2.26 bits per heavy atom. The van der Waals surface area contributed by atoms with E-state index in [9.17, 15) is 9.59 Å². The largest absolute Gasteiger partial charge is 0.329 e. The van der Waals surface area contributed by atoms with E-state index in [-0.39, 0.29) is 22.9 Å². The van der Waals surface area contributed by atoms with Crippen molar-refractivity contribution in [1.29, 1.82) is 0 Å². The van der Waals surface area contributed by atoms with Crippen molar-refractivity contribution in [1.82, 2.24) is 19.4 Å². The van der Waals surface area contributed by atoms with Gasteiger partial charge in [-0.3, -0.25) is 14.5 Å². The number of aromatic amines is 1. The van der Waals surface area contributed by atoms with Crippen LogP contribution in [-0.2, 0) is 0 Å².